The van der Waals surface area contributed by atoms with Gasteiger partial charge in [-0.1, -0.05) is 25.6 Å². The summed E-state index contributed by atoms with van der Waals surface area (Å²) in [6, 6.07) is 0. The molecular formula is C6H11S2+. The molecule has 1 aliphatic rings. The Kier molecular flexibility index (Phi) is 1.93. The molecule has 1 heterocycles. The molecular weight excluding hydrogens is 136 g/mol. The van der Waals surface area contributed by atoms with Gasteiger partial charge < -0.3 is 0 Å². The van der Waals surface area contributed by atoms with Gasteiger partial charge in [-0.3, -0.25) is 0 Å². The van der Waals surface area contributed by atoms with Gasteiger partial charge in [-0.25, -0.2) is 0 Å². The smallest absolute Gasteiger partial charge is 0.0725 e. The van der Waals surface area contributed by atoms with Crippen LogP contribution < -0.4 is 0 Å². The average molecular weight is 147 g/mol. The fraction of sp³-hybridized carbons (Fsp3) is 0.833. The number of hydrogen-bond donors (Lipinski definition) is 0. The largest absolute Gasteiger partial charge is 0.222 e. The van der Waals surface area contributed by atoms with Gasteiger partial charge in [-0.2, -0.15) is 0 Å². The third-order valence-corrected chi connectivity index (χ3v) is 4.07. The third-order valence-electron chi connectivity index (χ3n) is 1.08. The molecule has 0 aromatic rings. The Morgan fingerprint density at radius 3 is 2.62 bits per heavy atom. The van der Waals surface area contributed by atoms with Crippen LogP contribution in [-0.4, -0.2) is 16.2 Å². The highest BCUT2D eigenvalue weighted by molar-refractivity contribution is 8.20. The lowest BCUT2D eigenvalue weighted by atomic mass is 10.0. The monoisotopic (exact) mass is 147 g/mol. The van der Waals surface area contributed by atoms with Crippen molar-refractivity contribution in [3.05, 3.63) is 0 Å². The predicted octanol–water partition coefficient (Wildman–Crippen LogP) is 1.60. The Hall–Kier alpha value is 0.440. The second-order valence-corrected chi connectivity index (χ2v) is 4.90. The van der Waals surface area contributed by atoms with Gasteiger partial charge in [0.25, 0.3) is 0 Å². The Bertz CT molecular complexity index is 105. The van der Waals surface area contributed by atoms with Crippen LogP contribution in [0, 0.1) is 5.41 Å². The molecule has 0 N–H and O–H groups in total. The first kappa shape index (κ1) is 6.56. The summed E-state index contributed by atoms with van der Waals surface area (Å²) in [5, 5.41) is 0. The van der Waals surface area contributed by atoms with Crippen molar-refractivity contribution in [3.63, 3.8) is 0 Å². The van der Waals surface area contributed by atoms with Crippen LogP contribution in [0.1, 0.15) is 13.8 Å². The molecule has 0 saturated heterocycles. The van der Waals surface area contributed by atoms with Gasteiger partial charge in [0.2, 0.25) is 4.70 Å². The molecule has 0 unspecified atom stereocenters. The minimum atomic E-state index is 0.573. The van der Waals surface area contributed by atoms with E-state index in [1.54, 1.807) is 0 Å². The summed E-state index contributed by atoms with van der Waals surface area (Å²) in [6.45, 7) is 4.64. The minimum absolute atomic E-state index is 0.573. The van der Waals surface area contributed by atoms with Crippen LogP contribution in [0.3, 0.4) is 0 Å². The molecule has 0 spiro atoms. The number of thioether (sulfide) groups is 1. The Labute approximate surface area is 59.0 Å². The first-order valence-electron chi connectivity index (χ1n) is 2.76. The van der Waals surface area contributed by atoms with Gasteiger partial charge in [0.15, 0.2) is 17.1 Å². The molecule has 0 bridgehead atoms. The highest BCUT2D eigenvalue weighted by Gasteiger charge is 2.26. The zero-order chi connectivity index (χ0) is 6.04. The Morgan fingerprint density at radius 1 is 1.62 bits per heavy atom. The molecule has 1 rings (SSSR count). The van der Waals surface area contributed by atoms with Crippen LogP contribution in [0.25, 0.3) is 0 Å². The summed E-state index contributed by atoms with van der Waals surface area (Å²) >= 11 is 3.88. The van der Waals surface area contributed by atoms with Gasteiger partial charge >= 0.3 is 0 Å². The number of hydrogen-bond acceptors (Lipinski definition) is 1. The lowest BCUT2D eigenvalue weighted by molar-refractivity contribution is 0.493. The summed E-state index contributed by atoms with van der Waals surface area (Å²) in [4.78, 5) is 0. The van der Waals surface area contributed by atoms with E-state index in [-0.39, 0.29) is 0 Å². The van der Waals surface area contributed by atoms with E-state index in [0.29, 0.717) is 5.41 Å². The normalized spacial score (nSPS) is 25.8. The first-order valence-corrected chi connectivity index (χ1v) is 4.85. The highest BCUT2D eigenvalue weighted by atomic mass is 32.2. The molecule has 0 radical (unpaired) electrons. The molecule has 0 fully saturated rings. The summed E-state index contributed by atoms with van der Waals surface area (Å²) in [6.07, 6.45) is 0. The van der Waals surface area contributed by atoms with Crippen molar-refractivity contribution in [2.45, 2.75) is 13.8 Å². The third kappa shape index (κ3) is 1.75. The molecule has 0 atom stereocenters. The van der Waals surface area contributed by atoms with Crippen LogP contribution in [0.5, 0.6) is 0 Å². The van der Waals surface area contributed by atoms with E-state index in [0.717, 1.165) is 0 Å². The van der Waals surface area contributed by atoms with E-state index in [1.807, 2.05) is 23.1 Å². The highest BCUT2D eigenvalue weighted by Crippen LogP contribution is 2.23. The summed E-state index contributed by atoms with van der Waals surface area (Å²) in [7, 11) is 0. The predicted molar refractivity (Wildman–Crippen MR) is 44.5 cm³/mol. The van der Waals surface area contributed by atoms with E-state index in [9.17, 15) is 0 Å². The second-order valence-electron chi connectivity index (χ2n) is 2.88. The maximum Gasteiger partial charge on any atom is 0.222 e. The molecule has 46 valence electrons. The Balaban J connectivity index is 2.50. The molecule has 0 aliphatic carbocycles. The zero-order valence-electron chi connectivity index (χ0n) is 5.31. The van der Waals surface area contributed by atoms with Crippen LogP contribution in [-0.2, 0) is 11.4 Å². The first-order chi connectivity index (χ1) is 3.71. The summed E-state index contributed by atoms with van der Waals surface area (Å²) in [5.41, 5.74) is 0.573. The molecule has 2 heteroatoms. The topological polar surface area (TPSA) is 0 Å². The van der Waals surface area contributed by atoms with Crippen LogP contribution in [0.2, 0.25) is 0 Å². The van der Waals surface area contributed by atoms with E-state index >= 15 is 0 Å². The van der Waals surface area contributed by atoms with Gasteiger partial charge in [0.1, 0.15) is 0 Å². The Morgan fingerprint density at radius 2 is 2.38 bits per heavy atom. The van der Waals surface area contributed by atoms with Crippen molar-refractivity contribution >= 4 is 27.8 Å². The minimum Gasteiger partial charge on any atom is -0.0725 e. The molecule has 0 aromatic heterocycles. The fourth-order valence-corrected chi connectivity index (χ4v) is 2.77. The van der Waals surface area contributed by atoms with Crippen molar-refractivity contribution < 1.29 is 0 Å². The van der Waals surface area contributed by atoms with Crippen molar-refractivity contribution in [1.82, 2.24) is 0 Å². The maximum atomic E-state index is 2.32. The molecule has 0 nitrogen and oxygen atoms in total. The zero-order valence-corrected chi connectivity index (χ0v) is 6.94. The maximum absolute atomic E-state index is 2.32. The SMILES string of the molecule is CC1(C)CSC=[S+]C1. The average Bonchev–Trinajstić information content (AvgIpc) is 1.65. The van der Waals surface area contributed by atoms with Gasteiger partial charge in [-0.15, -0.1) is 0 Å². The fourth-order valence-electron chi connectivity index (χ4n) is 0.609. The molecule has 8 heavy (non-hydrogen) atoms. The van der Waals surface area contributed by atoms with Crippen molar-refractivity contribution in [2.75, 3.05) is 11.5 Å². The van der Waals surface area contributed by atoms with Gasteiger partial charge in [0.05, 0.1) is 0 Å². The molecule has 0 saturated carbocycles. The molecule has 0 amide bonds. The van der Waals surface area contributed by atoms with Gasteiger partial charge in [0, 0.05) is 11.2 Å². The van der Waals surface area contributed by atoms with Crippen molar-refractivity contribution in [1.29, 1.82) is 0 Å². The second kappa shape index (κ2) is 2.36. The van der Waals surface area contributed by atoms with E-state index in [2.05, 4.69) is 18.5 Å². The van der Waals surface area contributed by atoms with Crippen LogP contribution >= 0.6 is 11.8 Å². The van der Waals surface area contributed by atoms with E-state index in [4.69, 9.17) is 0 Å². The summed E-state index contributed by atoms with van der Waals surface area (Å²) in [5.74, 6) is 2.58. The quantitative estimate of drug-likeness (QED) is 0.370. The summed E-state index contributed by atoms with van der Waals surface area (Å²) < 4.78 is 2.24. The van der Waals surface area contributed by atoms with Gasteiger partial charge in [-0.05, 0) is 0 Å². The lowest BCUT2D eigenvalue weighted by Crippen LogP contribution is -2.22. The molecule has 1 aliphatic heterocycles. The molecule has 0 aromatic carbocycles. The van der Waals surface area contributed by atoms with Crippen molar-refractivity contribution in [2.24, 2.45) is 5.41 Å². The lowest BCUT2D eigenvalue weighted by Gasteiger charge is -2.16. The van der Waals surface area contributed by atoms with Crippen LogP contribution in [0.15, 0.2) is 0 Å². The van der Waals surface area contributed by atoms with E-state index in [1.165, 1.54) is 11.5 Å². The van der Waals surface area contributed by atoms with Crippen molar-refractivity contribution in [3.8, 4) is 0 Å². The van der Waals surface area contributed by atoms with Crippen LogP contribution in [0.4, 0.5) is 0 Å². The number of rotatable bonds is 0. The van der Waals surface area contributed by atoms with E-state index < -0.39 is 0 Å². The standard InChI is InChI=1S/C6H11S2/c1-6(2)3-7-5-8-4-6/h5H,3-4H2,1-2H3/q+1.